The van der Waals surface area contributed by atoms with Gasteiger partial charge >= 0.3 is 0 Å². The third-order valence-electron chi connectivity index (χ3n) is 1.74. The predicted octanol–water partition coefficient (Wildman–Crippen LogP) is 2.49. The number of aromatic amines is 1. The smallest absolute Gasteiger partial charge is 0.121 e. The minimum absolute atomic E-state index is 0.550. The van der Waals surface area contributed by atoms with Gasteiger partial charge in [0.05, 0.1) is 5.56 Å². The lowest BCUT2D eigenvalue weighted by molar-refractivity contribution is 1.06. The van der Waals surface area contributed by atoms with Crippen LogP contribution in [0.5, 0.6) is 0 Å². The third-order valence-corrected chi connectivity index (χ3v) is 2.05. The molecule has 62 valence electrons. The van der Waals surface area contributed by atoms with Gasteiger partial charge in [-0.05, 0) is 25.0 Å². The molecule has 0 fully saturated rings. The van der Waals surface area contributed by atoms with Crippen LogP contribution in [0.2, 0.25) is 0 Å². The molecule has 2 nitrogen and oxygen atoms in total. The van der Waals surface area contributed by atoms with Crippen LogP contribution in [0.1, 0.15) is 23.7 Å². The second kappa shape index (κ2) is 3.51. The normalized spacial score (nSPS) is 9.42. The highest BCUT2D eigenvalue weighted by atomic mass is 32.1. The Balaban J connectivity index is 3.47. The van der Waals surface area contributed by atoms with Gasteiger partial charge in [0, 0.05) is 5.69 Å². The Labute approximate surface area is 76.9 Å². The van der Waals surface area contributed by atoms with Gasteiger partial charge in [-0.2, -0.15) is 5.26 Å². The van der Waals surface area contributed by atoms with Crippen molar-refractivity contribution >= 4 is 12.2 Å². The Morgan fingerprint density at radius 2 is 2.33 bits per heavy atom. The molecule has 0 spiro atoms. The second-order valence-electron chi connectivity index (χ2n) is 2.65. The van der Waals surface area contributed by atoms with E-state index in [-0.39, 0.29) is 0 Å². The van der Waals surface area contributed by atoms with E-state index < -0.39 is 0 Å². The molecular formula is C9H10N2S. The maximum atomic E-state index is 8.78. The molecule has 1 heterocycles. The van der Waals surface area contributed by atoms with E-state index >= 15 is 0 Å². The molecule has 1 rings (SSSR count). The summed E-state index contributed by atoms with van der Waals surface area (Å²) in [6.07, 6.45) is 0.849. The minimum atomic E-state index is 0.550. The van der Waals surface area contributed by atoms with Gasteiger partial charge in [0.25, 0.3) is 0 Å². The molecule has 0 amide bonds. The number of rotatable bonds is 1. The van der Waals surface area contributed by atoms with Crippen molar-refractivity contribution < 1.29 is 0 Å². The topological polar surface area (TPSA) is 39.6 Å². The van der Waals surface area contributed by atoms with Gasteiger partial charge in [-0.3, -0.25) is 0 Å². The molecule has 1 aromatic heterocycles. The van der Waals surface area contributed by atoms with E-state index in [1.54, 1.807) is 0 Å². The van der Waals surface area contributed by atoms with Gasteiger partial charge < -0.3 is 4.98 Å². The molecule has 0 unspecified atom stereocenters. The van der Waals surface area contributed by atoms with Crippen molar-refractivity contribution in [2.24, 2.45) is 0 Å². The third kappa shape index (κ3) is 1.54. The zero-order chi connectivity index (χ0) is 9.14. The fraction of sp³-hybridized carbons (Fsp3) is 0.333. The van der Waals surface area contributed by atoms with Crippen molar-refractivity contribution in [2.75, 3.05) is 0 Å². The fourth-order valence-electron chi connectivity index (χ4n) is 1.16. The molecule has 0 saturated carbocycles. The first-order chi connectivity index (χ1) is 5.69. The molecule has 0 atom stereocenters. The number of hydrogen-bond donors (Lipinski definition) is 1. The second-order valence-corrected chi connectivity index (χ2v) is 3.06. The van der Waals surface area contributed by atoms with Crippen LogP contribution in [0.3, 0.4) is 0 Å². The number of aromatic nitrogens is 1. The van der Waals surface area contributed by atoms with Gasteiger partial charge in [-0.25, -0.2) is 0 Å². The Morgan fingerprint density at radius 3 is 2.83 bits per heavy atom. The molecule has 0 saturated heterocycles. The average molecular weight is 178 g/mol. The molecule has 0 bridgehead atoms. The summed E-state index contributed by atoms with van der Waals surface area (Å²) in [5.41, 5.74) is 2.65. The molecule has 12 heavy (non-hydrogen) atoms. The Kier molecular flexibility index (Phi) is 2.61. The van der Waals surface area contributed by atoms with Crippen molar-refractivity contribution in [3.05, 3.63) is 27.5 Å². The largest absolute Gasteiger partial charge is 0.349 e. The first kappa shape index (κ1) is 8.95. The number of aryl methyl sites for hydroxylation is 2. The molecule has 0 aliphatic rings. The molecular weight excluding hydrogens is 168 g/mol. The van der Waals surface area contributed by atoms with Gasteiger partial charge in [0.1, 0.15) is 10.7 Å². The fourth-order valence-corrected chi connectivity index (χ4v) is 1.50. The summed E-state index contributed by atoms with van der Waals surface area (Å²) in [5.74, 6) is 0. The van der Waals surface area contributed by atoms with Crippen LogP contribution >= 0.6 is 12.2 Å². The van der Waals surface area contributed by atoms with Crippen LogP contribution in [0, 0.1) is 22.9 Å². The van der Waals surface area contributed by atoms with Gasteiger partial charge in [-0.1, -0.05) is 19.1 Å². The van der Waals surface area contributed by atoms with Crippen LogP contribution in [0.4, 0.5) is 0 Å². The Morgan fingerprint density at radius 1 is 1.67 bits per heavy atom. The first-order valence-electron chi connectivity index (χ1n) is 3.82. The Bertz CT molecular complexity index is 384. The van der Waals surface area contributed by atoms with Crippen molar-refractivity contribution in [2.45, 2.75) is 20.3 Å². The summed E-state index contributed by atoms with van der Waals surface area (Å²) in [5, 5.41) is 8.78. The maximum Gasteiger partial charge on any atom is 0.121 e. The van der Waals surface area contributed by atoms with Gasteiger partial charge in [0.15, 0.2) is 0 Å². The quantitative estimate of drug-likeness (QED) is 0.671. The number of pyridine rings is 1. The van der Waals surface area contributed by atoms with E-state index in [0.29, 0.717) is 10.2 Å². The number of nitrogens with one attached hydrogen (secondary N) is 1. The van der Waals surface area contributed by atoms with Crippen LogP contribution in [-0.4, -0.2) is 4.98 Å². The number of nitriles is 1. The first-order valence-corrected chi connectivity index (χ1v) is 4.22. The summed E-state index contributed by atoms with van der Waals surface area (Å²) >= 11 is 5.01. The van der Waals surface area contributed by atoms with E-state index in [9.17, 15) is 0 Å². The van der Waals surface area contributed by atoms with Crippen molar-refractivity contribution in [1.82, 2.24) is 4.98 Å². The lowest BCUT2D eigenvalue weighted by atomic mass is 10.1. The van der Waals surface area contributed by atoms with E-state index in [1.807, 2.05) is 19.9 Å². The van der Waals surface area contributed by atoms with Crippen molar-refractivity contribution in [3.8, 4) is 6.07 Å². The summed E-state index contributed by atoms with van der Waals surface area (Å²) in [6.45, 7) is 3.96. The molecule has 3 heteroatoms. The summed E-state index contributed by atoms with van der Waals surface area (Å²) in [4.78, 5) is 2.96. The lowest BCUT2D eigenvalue weighted by Gasteiger charge is -2.01. The lowest BCUT2D eigenvalue weighted by Crippen LogP contribution is -1.93. The molecule has 0 aliphatic carbocycles. The van der Waals surface area contributed by atoms with E-state index in [2.05, 4.69) is 11.1 Å². The maximum absolute atomic E-state index is 8.78. The number of H-pyrrole nitrogens is 1. The standard InChI is InChI=1S/C9H10N2S/c1-3-7-4-6(2)11-9(12)8(7)5-10/h4H,3H2,1-2H3,(H,11,12). The molecule has 1 N–H and O–H groups in total. The van der Waals surface area contributed by atoms with Gasteiger partial charge in [-0.15, -0.1) is 0 Å². The van der Waals surface area contributed by atoms with Crippen LogP contribution in [-0.2, 0) is 6.42 Å². The molecule has 1 aromatic rings. The van der Waals surface area contributed by atoms with E-state index in [4.69, 9.17) is 17.5 Å². The monoisotopic (exact) mass is 178 g/mol. The minimum Gasteiger partial charge on any atom is -0.349 e. The SMILES string of the molecule is CCc1cc(C)[nH]c(=S)c1C#N. The van der Waals surface area contributed by atoms with E-state index in [0.717, 1.165) is 17.7 Å². The van der Waals surface area contributed by atoms with Crippen LogP contribution in [0.15, 0.2) is 6.07 Å². The summed E-state index contributed by atoms with van der Waals surface area (Å²) in [6, 6.07) is 4.07. The highest BCUT2D eigenvalue weighted by Crippen LogP contribution is 2.10. The van der Waals surface area contributed by atoms with Crippen LogP contribution in [0.25, 0.3) is 0 Å². The van der Waals surface area contributed by atoms with Gasteiger partial charge in [0.2, 0.25) is 0 Å². The Hall–Kier alpha value is -1.14. The summed E-state index contributed by atoms with van der Waals surface area (Å²) < 4.78 is 0.550. The zero-order valence-corrected chi connectivity index (χ0v) is 7.96. The van der Waals surface area contributed by atoms with Crippen molar-refractivity contribution in [1.29, 1.82) is 5.26 Å². The predicted molar refractivity (Wildman–Crippen MR) is 50.5 cm³/mol. The number of nitrogens with zero attached hydrogens (tertiary/aromatic N) is 1. The highest BCUT2D eigenvalue weighted by molar-refractivity contribution is 7.71. The summed E-state index contributed by atoms with van der Waals surface area (Å²) in [7, 11) is 0. The zero-order valence-electron chi connectivity index (χ0n) is 7.14. The highest BCUT2D eigenvalue weighted by Gasteiger charge is 2.02. The number of hydrogen-bond acceptors (Lipinski definition) is 2. The molecule has 0 radical (unpaired) electrons. The van der Waals surface area contributed by atoms with E-state index in [1.165, 1.54) is 0 Å². The van der Waals surface area contributed by atoms with Crippen LogP contribution < -0.4 is 0 Å². The molecule has 0 aliphatic heterocycles. The molecule has 0 aromatic carbocycles. The van der Waals surface area contributed by atoms with Crippen molar-refractivity contribution in [3.63, 3.8) is 0 Å². The average Bonchev–Trinajstić information content (AvgIpc) is 2.03.